The van der Waals surface area contributed by atoms with Crippen molar-refractivity contribution in [2.24, 2.45) is 5.73 Å². The highest BCUT2D eigenvalue weighted by atomic mass is 19.1. The summed E-state index contributed by atoms with van der Waals surface area (Å²) in [4.78, 5) is 13.1. The van der Waals surface area contributed by atoms with E-state index in [9.17, 15) is 9.18 Å². The molecule has 1 aliphatic carbocycles. The third-order valence-electron chi connectivity index (χ3n) is 3.17. The molecule has 2 unspecified atom stereocenters. The lowest BCUT2D eigenvalue weighted by Gasteiger charge is -2.36. The Labute approximate surface area is 89.0 Å². The number of carbonyl (C=O) groups is 1. The Morgan fingerprint density at radius 3 is 2.73 bits per heavy atom. The van der Waals surface area contributed by atoms with Gasteiger partial charge in [-0.05, 0) is 25.7 Å². The molecule has 1 saturated heterocycles. The Bertz CT molecular complexity index is 243. The Morgan fingerprint density at radius 2 is 2.13 bits per heavy atom. The molecule has 5 heteroatoms. The molecule has 0 bridgehead atoms. The second kappa shape index (κ2) is 4.35. The third-order valence-corrected chi connectivity index (χ3v) is 3.17. The molecule has 2 aliphatic rings. The Balaban J connectivity index is 1.73. The fraction of sp³-hybridized carbons (Fsp3) is 0.900. The van der Waals surface area contributed by atoms with Crippen molar-refractivity contribution in [3.8, 4) is 0 Å². The van der Waals surface area contributed by atoms with Crippen LogP contribution in [-0.4, -0.2) is 42.3 Å². The molecule has 4 nitrogen and oxygen atoms in total. The lowest BCUT2D eigenvalue weighted by atomic mass is 9.92. The summed E-state index contributed by atoms with van der Waals surface area (Å²) in [6.45, 7) is 0.481. The maximum absolute atomic E-state index is 12.5. The van der Waals surface area contributed by atoms with Gasteiger partial charge in [-0.15, -0.1) is 0 Å². The number of rotatable bonds is 1. The quantitative estimate of drug-likeness (QED) is 0.673. The molecule has 2 amide bonds. The van der Waals surface area contributed by atoms with Gasteiger partial charge in [0.15, 0.2) is 0 Å². The fourth-order valence-electron chi connectivity index (χ4n) is 2.22. The van der Waals surface area contributed by atoms with Gasteiger partial charge in [0.2, 0.25) is 0 Å². The van der Waals surface area contributed by atoms with Gasteiger partial charge >= 0.3 is 6.03 Å². The zero-order valence-corrected chi connectivity index (χ0v) is 8.79. The standard InChI is InChI=1S/C10H18FN3O/c11-7-5-14(6-7)10(15)13-9-3-1-2-8(12)4-9/h7-9H,1-6,12H2,(H,13,15). The SMILES string of the molecule is NC1CCCC(NC(=O)N2CC(F)C2)C1. The highest BCUT2D eigenvalue weighted by molar-refractivity contribution is 5.75. The maximum Gasteiger partial charge on any atom is 0.317 e. The van der Waals surface area contributed by atoms with Gasteiger partial charge in [0.05, 0.1) is 13.1 Å². The number of nitrogens with zero attached hydrogens (tertiary/aromatic N) is 1. The first-order valence-corrected chi connectivity index (χ1v) is 5.60. The van der Waals surface area contributed by atoms with E-state index in [0.29, 0.717) is 0 Å². The number of hydrogen-bond acceptors (Lipinski definition) is 2. The van der Waals surface area contributed by atoms with Crippen LogP contribution in [0.4, 0.5) is 9.18 Å². The maximum atomic E-state index is 12.5. The van der Waals surface area contributed by atoms with Gasteiger partial charge in [-0.25, -0.2) is 9.18 Å². The van der Waals surface area contributed by atoms with Crippen molar-refractivity contribution >= 4 is 6.03 Å². The predicted octanol–water partition coefficient (Wildman–Crippen LogP) is 0.620. The summed E-state index contributed by atoms with van der Waals surface area (Å²) < 4.78 is 12.5. The largest absolute Gasteiger partial charge is 0.335 e. The van der Waals surface area contributed by atoms with E-state index in [0.717, 1.165) is 25.7 Å². The van der Waals surface area contributed by atoms with Crippen LogP contribution < -0.4 is 11.1 Å². The number of halogens is 1. The minimum atomic E-state index is -0.829. The van der Waals surface area contributed by atoms with Crippen molar-refractivity contribution in [2.45, 2.75) is 43.9 Å². The first-order valence-electron chi connectivity index (χ1n) is 5.60. The number of urea groups is 1. The van der Waals surface area contributed by atoms with Crippen LogP contribution in [0.1, 0.15) is 25.7 Å². The molecule has 1 saturated carbocycles. The molecule has 0 spiro atoms. The van der Waals surface area contributed by atoms with Gasteiger partial charge in [-0.3, -0.25) is 0 Å². The molecular formula is C10H18FN3O. The third kappa shape index (κ3) is 2.59. The van der Waals surface area contributed by atoms with E-state index >= 15 is 0 Å². The number of likely N-dealkylation sites (tertiary alicyclic amines) is 1. The number of nitrogens with one attached hydrogen (secondary N) is 1. The van der Waals surface area contributed by atoms with Crippen LogP contribution in [0.15, 0.2) is 0 Å². The zero-order chi connectivity index (χ0) is 10.8. The van der Waals surface area contributed by atoms with Crippen molar-refractivity contribution in [1.29, 1.82) is 0 Å². The Hall–Kier alpha value is -0.840. The zero-order valence-electron chi connectivity index (χ0n) is 8.79. The second-order valence-corrected chi connectivity index (χ2v) is 4.58. The average molecular weight is 215 g/mol. The Morgan fingerprint density at radius 1 is 1.40 bits per heavy atom. The van der Waals surface area contributed by atoms with Crippen LogP contribution in [0.5, 0.6) is 0 Å². The smallest absolute Gasteiger partial charge is 0.317 e. The number of hydrogen-bond donors (Lipinski definition) is 2. The molecule has 1 aliphatic heterocycles. The summed E-state index contributed by atoms with van der Waals surface area (Å²) in [5, 5.41) is 2.91. The van der Waals surface area contributed by atoms with E-state index in [-0.39, 0.29) is 31.2 Å². The van der Waals surface area contributed by atoms with Crippen LogP contribution in [0.25, 0.3) is 0 Å². The molecule has 86 valence electrons. The van der Waals surface area contributed by atoms with Gasteiger partial charge < -0.3 is 16.0 Å². The van der Waals surface area contributed by atoms with E-state index in [4.69, 9.17) is 5.73 Å². The highest BCUT2D eigenvalue weighted by Crippen LogP contribution is 2.18. The number of amides is 2. The molecule has 2 atom stereocenters. The molecule has 0 aromatic rings. The van der Waals surface area contributed by atoms with Crippen molar-refractivity contribution in [2.75, 3.05) is 13.1 Å². The predicted molar refractivity (Wildman–Crippen MR) is 55.2 cm³/mol. The van der Waals surface area contributed by atoms with Gasteiger partial charge in [0, 0.05) is 12.1 Å². The van der Waals surface area contributed by atoms with E-state index in [1.54, 1.807) is 0 Å². The summed E-state index contributed by atoms with van der Waals surface area (Å²) >= 11 is 0. The first-order chi connectivity index (χ1) is 7.15. The first kappa shape index (κ1) is 10.7. The number of carbonyl (C=O) groups excluding carboxylic acids is 1. The highest BCUT2D eigenvalue weighted by Gasteiger charge is 2.31. The molecule has 0 aromatic carbocycles. The van der Waals surface area contributed by atoms with Gasteiger partial charge in [0.1, 0.15) is 6.17 Å². The Kier molecular flexibility index (Phi) is 3.09. The van der Waals surface area contributed by atoms with Crippen LogP contribution in [-0.2, 0) is 0 Å². The molecule has 15 heavy (non-hydrogen) atoms. The second-order valence-electron chi connectivity index (χ2n) is 4.58. The van der Waals surface area contributed by atoms with Gasteiger partial charge in [-0.2, -0.15) is 0 Å². The molecule has 2 fully saturated rings. The van der Waals surface area contributed by atoms with Gasteiger partial charge in [-0.1, -0.05) is 0 Å². The number of nitrogens with two attached hydrogens (primary N) is 1. The van der Waals surface area contributed by atoms with Crippen molar-refractivity contribution in [1.82, 2.24) is 10.2 Å². The topological polar surface area (TPSA) is 58.4 Å². The van der Waals surface area contributed by atoms with Crippen molar-refractivity contribution in [3.05, 3.63) is 0 Å². The molecule has 3 N–H and O–H groups in total. The lowest BCUT2D eigenvalue weighted by molar-refractivity contribution is 0.0869. The molecule has 1 heterocycles. The van der Waals surface area contributed by atoms with Crippen LogP contribution in [0.3, 0.4) is 0 Å². The normalized spacial score (nSPS) is 32.3. The monoisotopic (exact) mass is 215 g/mol. The summed E-state index contributed by atoms with van der Waals surface area (Å²) in [5.41, 5.74) is 5.82. The molecule has 0 aromatic heterocycles. The summed E-state index contributed by atoms with van der Waals surface area (Å²) in [5.74, 6) is 0. The van der Waals surface area contributed by atoms with Crippen LogP contribution >= 0.6 is 0 Å². The average Bonchev–Trinajstić information content (AvgIpc) is 2.13. The summed E-state index contributed by atoms with van der Waals surface area (Å²) in [7, 11) is 0. The number of alkyl halides is 1. The minimum absolute atomic E-state index is 0.136. The van der Waals surface area contributed by atoms with Crippen LogP contribution in [0, 0.1) is 0 Å². The summed E-state index contributed by atoms with van der Waals surface area (Å²) in [6, 6.07) is 0.247. The van der Waals surface area contributed by atoms with E-state index in [2.05, 4.69) is 5.32 Å². The van der Waals surface area contributed by atoms with Crippen molar-refractivity contribution < 1.29 is 9.18 Å². The minimum Gasteiger partial charge on any atom is -0.335 e. The molecule has 0 radical (unpaired) electrons. The van der Waals surface area contributed by atoms with Crippen LogP contribution in [0.2, 0.25) is 0 Å². The van der Waals surface area contributed by atoms with E-state index in [1.807, 2.05) is 0 Å². The van der Waals surface area contributed by atoms with E-state index in [1.165, 1.54) is 4.90 Å². The molecular weight excluding hydrogens is 197 g/mol. The molecule has 2 rings (SSSR count). The summed E-state index contributed by atoms with van der Waals surface area (Å²) in [6.07, 6.45) is 3.12. The fourth-order valence-corrected chi connectivity index (χ4v) is 2.22. The van der Waals surface area contributed by atoms with Gasteiger partial charge in [0.25, 0.3) is 0 Å². The van der Waals surface area contributed by atoms with Crippen molar-refractivity contribution in [3.63, 3.8) is 0 Å². The lowest BCUT2D eigenvalue weighted by Crippen LogP contribution is -2.57. The van der Waals surface area contributed by atoms with E-state index < -0.39 is 6.17 Å².